The predicted octanol–water partition coefficient (Wildman–Crippen LogP) is 0.648. The van der Waals surface area contributed by atoms with Gasteiger partial charge < -0.3 is 14.5 Å². The predicted molar refractivity (Wildman–Crippen MR) is 96.4 cm³/mol. The van der Waals surface area contributed by atoms with Crippen molar-refractivity contribution < 1.29 is 14.5 Å². The number of ether oxygens (including phenoxy) is 1. The molecule has 3 rings (SSSR count). The first kappa shape index (κ1) is 17.3. The van der Waals surface area contributed by atoms with Gasteiger partial charge in [-0.15, -0.1) is 11.8 Å². The first-order chi connectivity index (χ1) is 11.1. The molecule has 128 valence electrons. The molecule has 2 aliphatic rings. The summed E-state index contributed by atoms with van der Waals surface area (Å²) in [5, 5.41) is 0. The summed E-state index contributed by atoms with van der Waals surface area (Å²) in [4.78, 5) is 4.91. The van der Waals surface area contributed by atoms with Crippen LogP contribution in [0.2, 0.25) is 0 Å². The van der Waals surface area contributed by atoms with Crippen molar-refractivity contribution in [1.29, 1.82) is 0 Å². The van der Waals surface area contributed by atoms with Crippen LogP contribution in [0.15, 0.2) is 29.2 Å². The quantitative estimate of drug-likeness (QED) is 0.787. The number of hydrogen-bond acceptors (Lipinski definition) is 2. The van der Waals surface area contributed by atoms with E-state index in [2.05, 4.69) is 44.4 Å². The van der Waals surface area contributed by atoms with Gasteiger partial charge in [0.2, 0.25) is 0 Å². The van der Waals surface area contributed by atoms with Crippen LogP contribution in [0.1, 0.15) is 32.3 Å². The number of nitrogens with one attached hydrogen (secondary N) is 2. The Morgan fingerprint density at radius 3 is 2.22 bits per heavy atom. The normalized spacial score (nSPS) is 35.2. The van der Waals surface area contributed by atoms with E-state index in [1.165, 1.54) is 56.0 Å². The summed E-state index contributed by atoms with van der Waals surface area (Å²) in [6.07, 6.45) is 5.73. The molecule has 0 aromatic heterocycles. The molecule has 0 spiro atoms. The van der Waals surface area contributed by atoms with E-state index < -0.39 is 0 Å². The molecule has 1 aromatic rings. The van der Waals surface area contributed by atoms with Crippen LogP contribution in [0.5, 0.6) is 0 Å². The van der Waals surface area contributed by atoms with Gasteiger partial charge in [0, 0.05) is 23.3 Å². The van der Waals surface area contributed by atoms with Crippen LogP contribution < -0.4 is 9.80 Å². The highest BCUT2D eigenvalue weighted by atomic mass is 32.2. The lowest BCUT2D eigenvalue weighted by Crippen LogP contribution is -3.22. The van der Waals surface area contributed by atoms with Crippen LogP contribution in [0.25, 0.3) is 0 Å². The van der Waals surface area contributed by atoms with E-state index in [4.69, 9.17) is 4.74 Å². The van der Waals surface area contributed by atoms with Gasteiger partial charge in [-0.2, -0.15) is 0 Å². The second kappa shape index (κ2) is 8.02. The van der Waals surface area contributed by atoms with Crippen molar-refractivity contribution in [2.45, 2.75) is 56.4 Å². The summed E-state index contributed by atoms with van der Waals surface area (Å²) in [6, 6.07) is 9.98. The Morgan fingerprint density at radius 2 is 1.65 bits per heavy atom. The van der Waals surface area contributed by atoms with Crippen LogP contribution in [-0.2, 0) is 11.3 Å². The number of rotatable bonds is 4. The molecule has 4 heteroatoms. The maximum absolute atomic E-state index is 5.90. The lowest BCUT2D eigenvalue weighted by molar-refractivity contribution is -0.970. The molecule has 0 aliphatic carbocycles. The van der Waals surface area contributed by atoms with Gasteiger partial charge in [0.1, 0.15) is 31.8 Å². The van der Waals surface area contributed by atoms with Crippen molar-refractivity contribution in [2.75, 3.05) is 32.4 Å². The van der Waals surface area contributed by atoms with Gasteiger partial charge in [-0.3, -0.25) is 0 Å². The highest BCUT2D eigenvalue weighted by molar-refractivity contribution is 7.98. The summed E-state index contributed by atoms with van der Waals surface area (Å²) in [7, 11) is 0. The van der Waals surface area contributed by atoms with Crippen molar-refractivity contribution in [3.05, 3.63) is 29.8 Å². The molecule has 1 aromatic carbocycles. The fraction of sp³-hybridized carbons (Fsp3) is 0.684. The molecule has 2 heterocycles. The average molecular weight is 337 g/mol. The zero-order chi connectivity index (χ0) is 16.2. The highest BCUT2D eigenvalue weighted by Gasteiger charge is 2.34. The molecule has 2 fully saturated rings. The van der Waals surface area contributed by atoms with Gasteiger partial charge in [-0.25, -0.2) is 0 Å². The van der Waals surface area contributed by atoms with Gasteiger partial charge in [-0.05, 0) is 32.2 Å². The van der Waals surface area contributed by atoms with Gasteiger partial charge >= 0.3 is 0 Å². The third-order valence-corrected chi connectivity index (χ3v) is 6.19. The zero-order valence-electron chi connectivity index (χ0n) is 14.8. The van der Waals surface area contributed by atoms with Crippen LogP contribution in [0, 0.1) is 0 Å². The molecule has 2 aliphatic heterocycles. The maximum atomic E-state index is 5.90. The molecule has 3 nitrogen and oxygen atoms in total. The smallest absolute Gasteiger partial charge is 0.104 e. The standard InChI is InChI=1S/C19H30N2OS/c1-15-12-21(13-16(2)22-15)18-8-10-20(11-9-18)14-17-4-6-19(23-3)7-5-17/h4-7,15-16,18H,8-14H2,1-3H3/p+2/t15-,16-/m1/s1. The maximum Gasteiger partial charge on any atom is 0.104 e. The Hall–Kier alpha value is -0.550. The molecule has 2 N–H and O–H groups in total. The van der Waals surface area contributed by atoms with Gasteiger partial charge in [0.05, 0.1) is 19.1 Å². The zero-order valence-corrected chi connectivity index (χ0v) is 15.6. The van der Waals surface area contributed by atoms with E-state index in [-0.39, 0.29) is 0 Å². The largest absolute Gasteiger partial charge is 0.364 e. The summed E-state index contributed by atoms with van der Waals surface area (Å²) in [6.45, 7) is 10.7. The number of likely N-dealkylation sites (tertiary alicyclic amines) is 1. The fourth-order valence-corrected chi connectivity index (χ4v) is 4.70. The van der Waals surface area contributed by atoms with Crippen molar-refractivity contribution >= 4 is 11.8 Å². The lowest BCUT2D eigenvalue weighted by Gasteiger charge is -2.39. The molecule has 2 saturated heterocycles. The lowest BCUT2D eigenvalue weighted by atomic mass is 10.0. The van der Waals surface area contributed by atoms with Crippen molar-refractivity contribution in [1.82, 2.24) is 0 Å². The minimum atomic E-state index is 0.425. The molecule has 2 atom stereocenters. The van der Waals surface area contributed by atoms with Gasteiger partial charge in [-0.1, -0.05) is 12.1 Å². The molecule has 23 heavy (non-hydrogen) atoms. The van der Waals surface area contributed by atoms with E-state index in [0.717, 1.165) is 6.04 Å². The minimum Gasteiger partial charge on any atom is -0.364 e. The third-order valence-electron chi connectivity index (χ3n) is 5.45. The first-order valence-electron chi connectivity index (χ1n) is 9.10. The van der Waals surface area contributed by atoms with Crippen LogP contribution >= 0.6 is 11.8 Å². The second-order valence-electron chi connectivity index (χ2n) is 7.37. The molecule has 0 bridgehead atoms. The molecule has 0 amide bonds. The van der Waals surface area contributed by atoms with Crippen molar-refractivity contribution in [3.8, 4) is 0 Å². The van der Waals surface area contributed by atoms with E-state index in [1.807, 2.05) is 11.8 Å². The molecule has 0 saturated carbocycles. The number of hydrogen-bond donors (Lipinski definition) is 2. The van der Waals surface area contributed by atoms with Gasteiger partial charge in [0.25, 0.3) is 0 Å². The van der Waals surface area contributed by atoms with Crippen molar-refractivity contribution in [3.63, 3.8) is 0 Å². The van der Waals surface area contributed by atoms with E-state index in [9.17, 15) is 0 Å². The minimum absolute atomic E-state index is 0.425. The fourth-order valence-electron chi connectivity index (χ4n) is 4.29. The van der Waals surface area contributed by atoms with Gasteiger partial charge in [0.15, 0.2) is 0 Å². The molecule has 0 radical (unpaired) electrons. The average Bonchev–Trinajstić information content (AvgIpc) is 2.55. The summed E-state index contributed by atoms with van der Waals surface area (Å²) in [5.41, 5.74) is 1.48. The van der Waals surface area contributed by atoms with Crippen LogP contribution in [0.3, 0.4) is 0 Å². The third kappa shape index (κ3) is 4.72. The number of piperidine rings is 1. The Balaban J connectivity index is 1.48. The summed E-state index contributed by atoms with van der Waals surface area (Å²) in [5.74, 6) is 0. The molecular weight excluding hydrogens is 304 g/mol. The SMILES string of the molecule is CSc1ccc(C[NH+]2CCC([NH+]3C[C@@H](C)O[C@H](C)C3)CC2)cc1. The van der Waals surface area contributed by atoms with E-state index >= 15 is 0 Å². The Kier molecular flexibility index (Phi) is 6.02. The second-order valence-corrected chi connectivity index (χ2v) is 8.25. The Bertz CT molecular complexity index is 475. The van der Waals surface area contributed by atoms with Crippen molar-refractivity contribution in [2.24, 2.45) is 0 Å². The van der Waals surface area contributed by atoms with Crippen LogP contribution in [0.4, 0.5) is 0 Å². The number of benzene rings is 1. The molecule has 0 unspecified atom stereocenters. The highest BCUT2D eigenvalue weighted by Crippen LogP contribution is 2.14. The van der Waals surface area contributed by atoms with Crippen LogP contribution in [-0.4, -0.2) is 50.7 Å². The monoisotopic (exact) mass is 336 g/mol. The summed E-state index contributed by atoms with van der Waals surface area (Å²) >= 11 is 1.82. The topological polar surface area (TPSA) is 18.1 Å². The van der Waals surface area contributed by atoms with E-state index in [1.54, 1.807) is 9.80 Å². The number of quaternary nitrogens is 2. The number of morpholine rings is 1. The number of thioether (sulfide) groups is 1. The Labute approximate surface area is 145 Å². The molecular formula is C19H32N2OS+2. The van der Waals surface area contributed by atoms with E-state index in [0.29, 0.717) is 12.2 Å². The first-order valence-corrected chi connectivity index (χ1v) is 10.3. The Morgan fingerprint density at radius 1 is 1.04 bits per heavy atom. The summed E-state index contributed by atoms with van der Waals surface area (Å²) < 4.78 is 5.90.